The normalized spacial score (nSPS) is 21.0. The predicted molar refractivity (Wildman–Crippen MR) is 110 cm³/mol. The molecule has 28 heavy (non-hydrogen) atoms. The summed E-state index contributed by atoms with van der Waals surface area (Å²) in [6.45, 7) is 4.20. The number of rotatable bonds is 5. The van der Waals surface area contributed by atoms with Crippen LogP contribution >= 0.6 is 11.6 Å². The molecule has 0 spiro atoms. The second-order valence-electron chi connectivity index (χ2n) is 7.95. The second kappa shape index (κ2) is 9.10. The Morgan fingerprint density at radius 3 is 2.79 bits per heavy atom. The molecule has 2 aromatic rings. The Morgan fingerprint density at radius 2 is 1.96 bits per heavy atom. The van der Waals surface area contributed by atoms with Crippen molar-refractivity contribution >= 4 is 17.5 Å². The van der Waals surface area contributed by atoms with Crippen molar-refractivity contribution in [1.29, 1.82) is 0 Å². The molecule has 1 amide bonds. The maximum Gasteiger partial charge on any atom is 0.236 e. The Hall–Kier alpha value is -1.85. The van der Waals surface area contributed by atoms with E-state index in [0.717, 1.165) is 54.7 Å². The molecule has 150 valence electrons. The van der Waals surface area contributed by atoms with E-state index in [9.17, 15) is 4.79 Å². The minimum Gasteiger partial charge on any atom is -0.445 e. The first-order valence-corrected chi connectivity index (χ1v) is 10.7. The lowest BCUT2D eigenvalue weighted by molar-refractivity contribution is -0.134. The van der Waals surface area contributed by atoms with Gasteiger partial charge in [-0.2, -0.15) is 0 Å². The number of amides is 1. The molecule has 1 atom stereocenters. The number of piperidine rings is 2. The molecule has 4 rings (SSSR count). The van der Waals surface area contributed by atoms with Crippen LogP contribution in [-0.2, 0) is 11.2 Å². The summed E-state index contributed by atoms with van der Waals surface area (Å²) in [5.41, 5.74) is 1.04. The fraction of sp³-hybridized carbons (Fsp3) is 0.545. The van der Waals surface area contributed by atoms with Crippen LogP contribution < -0.4 is 0 Å². The minimum absolute atomic E-state index is 0.180. The lowest BCUT2D eigenvalue weighted by atomic mass is 9.98. The van der Waals surface area contributed by atoms with Gasteiger partial charge in [-0.05, 0) is 50.4 Å². The van der Waals surface area contributed by atoms with Gasteiger partial charge in [0.05, 0.1) is 18.7 Å². The van der Waals surface area contributed by atoms with E-state index in [2.05, 4.69) is 9.88 Å². The van der Waals surface area contributed by atoms with Crippen molar-refractivity contribution in [3.63, 3.8) is 0 Å². The van der Waals surface area contributed by atoms with Gasteiger partial charge in [0.15, 0.2) is 5.89 Å². The van der Waals surface area contributed by atoms with Crippen LogP contribution in [-0.4, -0.2) is 53.4 Å². The maximum absolute atomic E-state index is 12.7. The van der Waals surface area contributed by atoms with Gasteiger partial charge in [0.25, 0.3) is 0 Å². The van der Waals surface area contributed by atoms with Crippen LogP contribution in [0.15, 0.2) is 34.9 Å². The summed E-state index contributed by atoms with van der Waals surface area (Å²) in [5.74, 6) is 1.99. The molecule has 0 unspecified atom stereocenters. The minimum atomic E-state index is 0.180. The lowest BCUT2D eigenvalue weighted by Gasteiger charge is -2.34. The van der Waals surface area contributed by atoms with Crippen molar-refractivity contribution < 1.29 is 9.21 Å². The van der Waals surface area contributed by atoms with Crippen LogP contribution in [0.2, 0.25) is 5.02 Å². The molecule has 0 N–H and O–H groups in total. The highest BCUT2D eigenvalue weighted by Gasteiger charge is 2.28. The van der Waals surface area contributed by atoms with E-state index in [1.807, 2.05) is 29.2 Å². The molecule has 3 heterocycles. The number of benzene rings is 1. The molecular weight excluding hydrogens is 374 g/mol. The summed E-state index contributed by atoms with van der Waals surface area (Å²) in [6, 6.07) is 7.80. The first-order chi connectivity index (χ1) is 13.7. The Labute approximate surface area is 171 Å². The van der Waals surface area contributed by atoms with Crippen LogP contribution in [0.5, 0.6) is 0 Å². The zero-order chi connectivity index (χ0) is 19.3. The van der Waals surface area contributed by atoms with E-state index >= 15 is 0 Å². The fourth-order valence-corrected chi connectivity index (χ4v) is 4.44. The summed E-state index contributed by atoms with van der Waals surface area (Å²) in [5, 5.41) is 0.743. The van der Waals surface area contributed by atoms with Gasteiger partial charge in [0, 0.05) is 24.5 Å². The summed E-state index contributed by atoms with van der Waals surface area (Å²) < 4.78 is 6.04. The zero-order valence-electron chi connectivity index (χ0n) is 16.3. The van der Waals surface area contributed by atoms with Crippen LogP contribution in [0.4, 0.5) is 0 Å². The summed E-state index contributed by atoms with van der Waals surface area (Å²) in [7, 11) is 0. The quantitative estimate of drug-likeness (QED) is 0.756. The molecule has 2 fully saturated rings. The molecule has 2 saturated heterocycles. The van der Waals surface area contributed by atoms with Crippen molar-refractivity contribution in [2.24, 2.45) is 0 Å². The topological polar surface area (TPSA) is 49.6 Å². The Bertz CT molecular complexity index is 801. The van der Waals surface area contributed by atoms with Gasteiger partial charge >= 0.3 is 0 Å². The third-order valence-electron chi connectivity index (χ3n) is 5.82. The first-order valence-electron chi connectivity index (χ1n) is 10.4. The van der Waals surface area contributed by atoms with Crippen molar-refractivity contribution in [3.05, 3.63) is 52.7 Å². The van der Waals surface area contributed by atoms with E-state index in [0.29, 0.717) is 19.5 Å². The summed E-state index contributed by atoms with van der Waals surface area (Å²) >= 11 is 6.25. The smallest absolute Gasteiger partial charge is 0.236 e. The van der Waals surface area contributed by atoms with Crippen LogP contribution in [0.25, 0.3) is 0 Å². The number of aromatic nitrogens is 1. The number of carbonyl (C=O) groups excluding carboxylic acids is 1. The number of hydrogen-bond acceptors (Lipinski definition) is 4. The van der Waals surface area contributed by atoms with Gasteiger partial charge in [0.1, 0.15) is 5.76 Å². The van der Waals surface area contributed by atoms with Crippen LogP contribution in [0, 0.1) is 0 Å². The molecule has 0 saturated carbocycles. The maximum atomic E-state index is 12.7. The number of halogens is 1. The van der Waals surface area contributed by atoms with Gasteiger partial charge in [-0.3, -0.25) is 9.69 Å². The molecular formula is C22H28ClN3O2. The van der Waals surface area contributed by atoms with Crippen molar-refractivity contribution in [2.45, 2.75) is 44.4 Å². The number of carbonyl (C=O) groups is 1. The standard InChI is InChI=1S/C22H28ClN3O2/c23-20-9-3-2-7-17(20)13-19-14-24-22(28-19)18-8-6-12-26(15-18)21(27)16-25-10-4-1-5-11-25/h2-3,7,9,14,18H,1,4-6,8,10-13,15-16H2/t18-/m0/s1. The third-order valence-corrected chi connectivity index (χ3v) is 6.19. The van der Waals surface area contributed by atoms with Crippen LogP contribution in [0.3, 0.4) is 0 Å². The van der Waals surface area contributed by atoms with Gasteiger partial charge in [0.2, 0.25) is 5.91 Å². The van der Waals surface area contributed by atoms with Gasteiger partial charge in [-0.1, -0.05) is 36.2 Å². The Kier molecular flexibility index (Phi) is 6.33. The highest BCUT2D eigenvalue weighted by molar-refractivity contribution is 6.31. The van der Waals surface area contributed by atoms with E-state index in [1.165, 1.54) is 19.3 Å². The van der Waals surface area contributed by atoms with Gasteiger partial charge in [-0.25, -0.2) is 4.98 Å². The number of likely N-dealkylation sites (tertiary alicyclic amines) is 2. The highest BCUT2D eigenvalue weighted by atomic mass is 35.5. The largest absolute Gasteiger partial charge is 0.445 e. The second-order valence-corrected chi connectivity index (χ2v) is 8.36. The third kappa shape index (κ3) is 4.76. The van der Waals surface area contributed by atoms with E-state index in [1.54, 1.807) is 6.20 Å². The molecule has 0 aliphatic carbocycles. The van der Waals surface area contributed by atoms with Crippen molar-refractivity contribution in [2.75, 3.05) is 32.7 Å². The average Bonchev–Trinajstić information content (AvgIpc) is 3.19. The average molecular weight is 402 g/mol. The first kappa shape index (κ1) is 19.5. The van der Waals surface area contributed by atoms with E-state index in [4.69, 9.17) is 16.0 Å². The molecule has 1 aromatic heterocycles. The van der Waals surface area contributed by atoms with Crippen molar-refractivity contribution in [1.82, 2.24) is 14.8 Å². The molecule has 0 bridgehead atoms. The number of hydrogen-bond donors (Lipinski definition) is 0. The molecule has 0 radical (unpaired) electrons. The number of oxazole rings is 1. The van der Waals surface area contributed by atoms with E-state index in [-0.39, 0.29) is 11.8 Å². The SMILES string of the molecule is O=C(CN1CCCCC1)N1CCC[C@H](c2ncc(Cc3ccccc3Cl)o2)C1. The van der Waals surface area contributed by atoms with E-state index < -0.39 is 0 Å². The van der Waals surface area contributed by atoms with Gasteiger partial charge in [-0.15, -0.1) is 0 Å². The van der Waals surface area contributed by atoms with Gasteiger partial charge < -0.3 is 9.32 Å². The lowest BCUT2D eigenvalue weighted by Crippen LogP contribution is -2.45. The fourth-order valence-electron chi connectivity index (χ4n) is 4.24. The molecule has 2 aliphatic heterocycles. The van der Waals surface area contributed by atoms with Crippen molar-refractivity contribution in [3.8, 4) is 0 Å². The molecule has 6 heteroatoms. The predicted octanol–water partition coefficient (Wildman–Crippen LogP) is 4.11. The Morgan fingerprint density at radius 1 is 1.14 bits per heavy atom. The van der Waals surface area contributed by atoms with Crippen LogP contribution in [0.1, 0.15) is 55.2 Å². The summed E-state index contributed by atoms with van der Waals surface area (Å²) in [4.78, 5) is 21.6. The molecule has 2 aliphatic rings. The highest BCUT2D eigenvalue weighted by Crippen LogP contribution is 2.28. The molecule has 1 aromatic carbocycles. The summed E-state index contributed by atoms with van der Waals surface area (Å²) in [6.07, 6.45) is 8.15. The monoisotopic (exact) mass is 401 g/mol. The number of nitrogens with zero attached hydrogens (tertiary/aromatic N) is 3. The Balaban J connectivity index is 1.36. The zero-order valence-corrected chi connectivity index (χ0v) is 17.0. The molecule has 5 nitrogen and oxygen atoms in total.